The van der Waals surface area contributed by atoms with Gasteiger partial charge in [0, 0.05) is 6.42 Å². The minimum atomic E-state index is -1.46. The lowest BCUT2D eigenvalue weighted by Crippen LogP contribution is -2.39. The number of carbonyl (C=O) groups is 2. The van der Waals surface area contributed by atoms with E-state index in [0.717, 1.165) is 6.42 Å². The molecule has 0 aliphatic rings. The molecule has 0 saturated heterocycles. The number of benzene rings is 1. The fraction of sp³-hybridized carbons (Fsp3) is 0.652. The van der Waals surface area contributed by atoms with Gasteiger partial charge >= 0.3 is 5.97 Å². The zero-order valence-corrected chi connectivity index (χ0v) is 20.1. The maximum absolute atomic E-state index is 13.3. The molecule has 1 aromatic rings. The van der Waals surface area contributed by atoms with Gasteiger partial charge in [0.1, 0.15) is 17.1 Å². The summed E-state index contributed by atoms with van der Waals surface area (Å²) in [6.45, 7) is 10.4. The zero-order valence-electron chi connectivity index (χ0n) is 19.2. The van der Waals surface area contributed by atoms with Crippen molar-refractivity contribution >= 4 is 20.2 Å². The average molecular weight is 439 g/mol. The third-order valence-electron chi connectivity index (χ3n) is 4.80. The Hall–Kier alpha value is -1.94. The number of rotatable bonds is 12. The summed E-state index contributed by atoms with van der Waals surface area (Å²) >= 11 is 0. The van der Waals surface area contributed by atoms with Crippen molar-refractivity contribution in [3.63, 3.8) is 0 Å². The van der Waals surface area contributed by atoms with Crippen molar-refractivity contribution in [3.8, 4) is 11.5 Å². The number of carbonyl (C=O) groups excluding carboxylic acids is 2. The van der Waals surface area contributed by atoms with Gasteiger partial charge in [-0.3, -0.25) is 14.2 Å². The zero-order chi connectivity index (χ0) is 22.9. The number of methoxy groups -OCH3 is 2. The molecule has 0 aromatic heterocycles. The lowest BCUT2D eigenvalue weighted by atomic mass is 9.80. The standard InChI is InChI=1S/C23H35O6P/c1-8-12-29-21(25)23(30-26,14-16(2)13-22(3,4)5)15-17(24)20-18(27-6)10-9-11-19(20)28-7/h9-11,16H,8,12-15H2,1-7H3. The smallest absolute Gasteiger partial charge is 0.324 e. The molecule has 0 amide bonds. The summed E-state index contributed by atoms with van der Waals surface area (Å²) in [5.74, 6) is -0.220. The fourth-order valence-electron chi connectivity index (χ4n) is 3.84. The van der Waals surface area contributed by atoms with Crippen LogP contribution in [0.25, 0.3) is 0 Å². The normalized spacial score (nSPS) is 14.6. The predicted octanol–water partition coefficient (Wildman–Crippen LogP) is 5.72. The van der Waals surface area contributed by atoms with Crippen LogP contribution in [0.5, 0.6) is 11.5 Å². The van der Waals surface area contributed by atoms with Crippen molar-refractivity contribution in [2.75, 3.05) is 20.8 Å². The first-order valence-corrected chi connectivity index (χ1v) is 11.1. The van der Waals surface area contributed by atoms with Crippen molar-refractivity contribution in [3.05, 3.63) is 23.8 Å². The summed E-state index contributed by atoms with van der Waals surface area (Å²) in [6.07, 6.45) is 1.48. The van der Waals surface area contributed by atoms with E-state index in [4.69, 9.17) is 14.2 Å². The molecule has 0 aliphatic heterocycles. The van der Waals surface area contributed by atoms with Gasteiger partial charge in [0.15, 0.2) is 19.4 Å². The Balaban J connectivity index is 3.33. The van der Waals surface area contributed by atoms with Gasteiger partial charge in [-0.15, -0.1) is 0 Å². The van der Waals surface area contributed by atoms with Crippen molar-refractivity contribution in [2.24, 2.45) is 11.3 Å². The molecule has 30 heavy (non-hydrogen) atoms. The summed E-state index contributed by atoms with van der Waals surface area (Å²) in [4.78, 5) is 26.3. The van der Waals surface area contributed by atoms with Crippen LogP contribution in [0.1, 0.15) is 70.7 Å². The second kappa shape index (κ2) is 11.5. The van der Waals surface area contributed by atoms with E-state index in [1.807, 2.05) is 13.8 Å². The molecule has 2 unspecified atom stereocenters. The molecular weight excluding hydrogens is 403 g/mol. The summed E-state index contributed by atoms with van der Waals surface area (Å²) < 4.78 is 28.4. The van der Waals surface area contributed by atoms with Crippen LogP contribution in [0, 0.1) is 11.3 Å². The highest BCUT2D eigenvalue weighted by Crippen LogP contribution is 2.41. The molecule has 0 spiro atoms. The predicted molar refractivity (Wildman–Crippen MR) is 118 cm³/mol. The number of Topliss-reactive ketones (excluding diaryl/α,β-unsaturated/α-hetero) is 1. The maximum atomic E-state index is 13.3. The third-order valence-corrected chi connectivity index (χ3v) is 5.67. The summed E-state index contributed by atoms with van der Waals surface area (Å²) in [6, 6.07) is 5.03. The van der Waals surface area contributed by atoms with Crippen LogP contribution in [0.4, 0.5) is 0 Å². The van der Waals surface area contributed by atoms with E-state index < -0.39 is 19.6 Å². The maximum Gasteiger partial charge on any atom is 0.324 e. The lowest BCUT2D eigenvalue weighted by molar-refractivity contribution is -0.147. The Bertz CT molecular complexity index is 717. The lowest BCUT2D eigenvalue weighted by Gasteiger charge is -2.30. The average Bonchev–Trinajstić information content (AvgIpc) is 2.68. The summed E-state index contributed by atoms with van der Waals surface area (Å²) in [5.41, 5.74) is 0.274. The van der Waals surface area contributed by atoms with Gasteiger partial charge in [0.05, 0.1) is 20.8 Å². The Morgan fingerprint density at radius 2 is 1.63 bits per heavy atom. The minimum Gasteiger partial charge on any atom is -0.496 e. The molecule has 6 nitrogen and oxygen atoms in total. The van der Waals surface area contributed by atoms with Crippen LogP contribution in [0.2, 0.25) is 0 Å². The molecule has 0 aliphatic carbocycles. The first-order chi connectivity index (χ1) is 14.0. The number of hydrogen-bond donors (Lipinski definition) is 0. The molecule has 0 heterocycles. The molecule has 7 heteroatoms. The van der Waals surface area contributed by atoms with Crippen molar-refractivity contribution in [2.45, 2.75) is 65.5 Å². The number of hydrogen-bond acceptors (Lipinski definition) is 6. The molecule has 1 rings (SSSR count). The molecule has 0 radical (unpaired) electrons. The van der Waals surface area contributed by atoms with E-state index in [1.165, 1.54) is 14.2 Å². The Morgan fingerprint density at radius 3 is 2.07 bits per heavy atom. The molecule has 2 atom stereocenters. The van der Waals surface area contributed by atoms with Gasteiger partial charge < -0.3 is 14.2 Å². The van der Waals surface area contributed by atoms with Crippen LogP contribution < -0.4 is 9.47 Å². The van der Waals surface area contributed by atoms with Crippen molar-refractivity contribution < 1.29 is 28.4 Å². The van der Waals surface area contributed by atoms with Gasteiger partial charge in [0.2, 0.25) is 0 Å². The van der Waals surface area contributed by atoms with Crippen LogP contribution in [-0.2, 0) is 14.1 Å². The summed E-state index contributed by atoms with van der Waals surface area (Å²) in [5, 5.41) is -1.46. The first kappa shape index (κ1) is 26.1. The second-order valence-corrected chi connectivity index (χ2v) is 10.0. The fourth-order valence-corrected chi connectivity index (χ4v) is 4.57. The van der Waals surface area contributed by atoms with Crippen molar-refractivity contribution in [1.29, 1.82) is 0 Å². The first-order valence-electron chi connectivity index (χ1n) is 10.3. The van der Waals surface area contributed by atoms with Gasteiger partial charge in [0.25, 0.3) is 0 Å². The largest absolute Gasteiger partial charge is 0.496 e. The third kappa shape index (κ3) is 7.09. The second-order valence-electron chi connectivity index (χ2n) is 8.97. The highest BCUT2D eigenvalue weighted by atomic mass is 31.1. The number of ketones is 1. The molecule has 0 N–H and O–H groups in total. The Morgan fingerprint density at radius 1 is 1.07 bits per heavy atom. The Kier molecular flexibility index (Phi) is 9.96. The van der Waals surface area contributed by atoms with E-state index in [-0.39, 0.29) is 42.1 Å². The van der Waals surface area contributed by atoms with Crippen LogP contribution in [0.3, 0.4) is 0 Å². The van der Waals surface area contributed by atoms with E-state index >= 15 is 0 Å². The number of esters is 1. The molecule has 168 valence electrons. The van der Waals surface area contributed by atoms with E-state index in [2.05, 4.69) is 20.8 Å². The van der Waals surface area contributed by atoms with Crippen LogP contribution in [-0.4, -0.2) is 37.7 Å². The number of ether oxygens (including phenoxy) is 3. The highest BCUT2D eigenvalue weighted by Gasteiger charge is 2.45. The monoisotopic (exact) mass is 438 g/mol. The van der Waals surface area contributed by atoms with E-state index in [1.54, 1.807) is 18.2 Å². The minimum absolute atomic E-state index is 0.0358. The molecule has 0 bridgehead atoms. The van der Waals surface area contributed by atoms with E-state index in [0.29, 0.717) is 17.9 Å². The van der Waals surface area contributed by atoms with Gasteiger partial charge in [-0.25, -0.2) is 0 Å². The SMILES string of the molecule is CCCOC(=O)C(CC(=O)c1c(OC)cccc1OC)(CC(C)CC(C)(C)C)P=O. The Labute approximate surface area is 181 Å². The van der Waals surface area contributed by atoms with Crippen LogP contribution in [0.15, 0.2) is 18.2 Å². The highest BCUT2D eigenvalue weighted by molar-refractivity contribution is 7.28. The van der Waals surface area contributed by atoms with Gasteiger partial charge in [-0.2, -0.15) is 0 Å². The quantitative estimate of drug-likeness (QED) is 0.236. The molecular formula is C23H35O6P. The van der Waals surface area contributed by atoms with E-state index in [9.17, 15) is 14.2 Å². The molecule has 0 saturated carbocycles. The van der Waals surface area contributed by atoms with Crippen molar-refractivity contribution in [1.82, 2.24) is 0 Å². The molecule has 0 fully saturated rings. The van der Waals surface area contributed by atoms with Gasteiger partial charge in [-0.1, -0.05) is 40.7 Å². The summed E-state index contributed by atoms with van der Waals surface area (Å²) in [7, 11) is 2.50. The van der Waals surface area contributed by atoms with Gasteiger partial charge in [-0.05, 0) is 42.7 Å². The topological polar surface area (TPSA) is 78.9 Å². The molecule has 1 aromatic carbocycles. The van der Waals surface area contributed by atoms with Crippen LogP contribution >= 0.6 is 8.46 Å².